The number of nitrogens with zero attached hydrogens (tertiary/aromatic N) is 1. The molecule has 0 aliphatic heterocycles. The number of halogens is 2. The maximum absolute atomic E-state index is 14.0. The molecule has 0 unspecified atom stereocenters. The van der Waals surface area contributed by atoms with E-state index in [2.05, 4.69) is 0 Å². The van der Waals surface area contributed by atoms with E-state index >= 15 is 0 Å². The Labute approximate surface area is 171 Å². The van der Waals surface area contributed by atoms with Crippen LogP contribution in [0.5, 0.6) is 5.75 Å². The van der Waals surface area contributed by atoms with Crippen LogP contribution in [-0.2, 0) is 11.3 Å². The van der Waals surface area contributed by atoms with E-state index in [0.717, 1.165) is 18.4 Å². The van der Waals surface area contributed by atoms with Gasteiger partial charge in [-0.2, -0.15) is 0 Å². The Morgan fingerprint density at radius 1 is 1.28 bits per heavy atom. The highest BCUT2D eigenvalue weighted by molar-refractivity contribution is 6.32. The maximum atomic E-state index is 14.0. The molecule has 0 atom stereocenters. The van der Waals surface area contributed by atoms with Gasteiger partial charge in [-0.25, -0.2) is 9.18 Å². The van der Waals surface area contributed by atoms with Gasteiger partial charge in [0.2, 0.25) is 0 Å². The fraction of sp³-hybridized carbons (Fsp3) is 0.273. The smallest absolute Gasteiger partial charge is 0.336 e. The number of carbonyl (C=O) groups is 1. The van der Waals surface area contributed by atoms with Crippen molar-refractivity contribution in [2.75, 3.05) is 6.61 Å². The van der Waals surface area contributed by atoms with Crippen molar-refractivity contribution >= 4 is 28.5 Å². The second-order valence-corrected chi connectivity index (χ2v) is 7.57. The molecular formula is C22H19ClFNO4. The molecule has 1 aliphatic carbocycles. The van der Waals surface area contributed by atoms with Gasteiger partial charge in [0.15, 0.2) is 6.61 Å². The number of benzene rings is 2. The van der Waals surface area contributed by atoms with Gasteiger partial charge in [-0.05, 0) is 37.5 Å². The molecule has 1 saturated carbocycles. The van der Waals surface area contributed by atoms with Crippen LogP contribution in [0, 0.1) is 12.7 Å². The van der Waals surface area contributed by atoms with Crippen molar-refractivity contribution in [3.8, 4) is 5.75 Å². The summed E-state index contributed by atoms with van der Waals surface area (Å²) in [6.45, 7) is 1.74. The first-order chi connectivity index (χ1) is 13.9. The monoisotopic (exact) mass is 415 g/mol. The zero-order valence-electron chi connectivity index (χ0n) is 15.8. The summed E-state index contributed by atoms with van der Waals surface area (Å²) in [6.07, 6.45) is 1.78. The van der Waals surface area contributed by atoms with Crippen molar-refractivity contribution in [2.45, 2.75) is 32.4 Å². The fourth-order valence-electron chi connectivity index (χ4n) is 3.27. The third kappa shape index (κ3) is 4.27. The summed E-state index contributed by atoms with van der Waals surface area (Å²) in [5.41, 5.74) is 1.08. The number of hydrogen-bond donors (Lipinski definition) is 0. The zero-order valence-corrected chi connectivity index (χ0v) is 16.5. The summed E-state index contributed by atoms with van der Waals surface area (Å²) >= 11 is 6.28. The lowest BCUT2D eigenvalue weighted by molar-refractivity contribution is -0.134. The van der Waals surface area contributed by atoms with E-state index in [1.54, 1.807) is 36.1 Å². The topological polar surface area (TPSA) is 59.8 Å². The van der Waals surface area contributed by atoms with E-state index in [1.165, 1.54) is 18.2 Å². The molecule has 0 N–H and O–H groups in total. The average Bonchev–Trinajstić information content (AvgIpc) is 3.51. The minimum Gasteiger partial charge on any atom is -0.482 e. The summed E-state index contributed by atoms with van der Waals surface area (Å²) in [5.74, 6) is -0.338. The number of hydrogen-bond acceptors (Lipinski definition) is 4. The van der Waals surface area contributed by atoms with Gasteiger partial charge in [0, 0.05) is 35.7 Å². The third-order valence-corrected chi connectivity index (χ3v) is 5.26. The Hall–Kier alpha value is -2.86. The number of amides is 1. The molecule has 3 aromatic rings. The lowest BCUT2D eigenvalue weighted by Gasteiger charge is -2.23. The van der Waals surface area contributed by atoms with E-state index in [-0.39, 0.29) is 36.7 Å². The maximum Gasteiger partial charge on any atom is 0.336 e. The van der Waals surface area contributed by atoms with Crippen molar-refractivity contribution in [1.29, 1.82) is 0 Å². The SMILES string of the molecule is Cc1cc(=O)oc2cc(OCC(=O)N(Cc3ccccc3F)C3CC3)c(Cl)cc12. The molecule has 0 bridgehead atoms. The first-order valence-corrected chi connectivity index (χ1v) is 9.70. The molecular weight excluding hydrogens is 397 g/mol. The first-order valence-electron chi connectivity index (χ1n) is 9.32. The average molecular weight is 416 g/mol. The van der Waals surface area contributed by atoms with Gasteiger partial charge in [0.25, 0.3) is 5.91 Å². The molecule has 5 nitrogen and oxygen atoms in total. The third-order valence-electron chi connectivity index (χ3n) is 4.96. The molecule has 1 aliphatic rings. The van der Waals surface area contributed by atoms with Crippen LogP contribution in [-0.4, -0.2) is 23.5 Å². The van der Waals surface area contributed by atoms with Crippen LogP contribution in [0.1, 0.15) is 24.0 Å². The van der Waals surface area contributed by atoms with Crippen molar-refractivity contribution in [1.82, 2.24) is 4.90 Å². The second-order valence-electron chi connectivity index (χ2n) is 7.16. The van der Waals surface area contributed by atoms with E-state index in [4.69, 9.17) is 20.8 Å². The highest BCUT2D eigenvalue weighted by Crippen LogP contribution is 2.32. The van der Waals surface area contributed by atoms with E-state index < -0.39 is 5.63 Å². The number of carbonyl (C=O) groups excluding carboxylic acids is 1. The Morgan fingerprint density at radius 3 is 2.76 bits per heavy atom. The van der Waals surface area contributed by atoms with Gasteiger partial charge in [-0.15, -0.1) is 0 Å². The normalized spacial score (nSPS) is 13.5. The van der Waals surface area contributed by atoms with Gasteiger partial charge < -0.3 is 14.1 Å². The molecule has 150 valence electrons. The summed E-state index contributed by atoms with van der Waals surface area (Å²) in [6, 6.07) is 11.1. The number of ether oxygens (including phenoxy) is 1. The number of rotatable bonds is 6. The zero-order chi connectivity index (χ0) is 20.5. The van der Waals surface area contributed by atoms with Crippen molar-refractivity contribution in [2.24, 2.45) is 0 Å². The number of fused-ring (bicyclic) bond motifs is 1. The molecule has 0 radical (unpaired) electrons. The van der Waals surface area contributed by atoms with Crippen LogP contribution in [0.4, 0.5) is 4.39 Å². The molecule has 1 amide bonds. The number of aryl methyl sites for hydroxylation is 1. The van der Waals surface area contributed by atoms with Crippen molar-refractivity contribution < 1.29 is 18.3 Å². The summed E-state index contributed by atoms with van der Waals surface area (Å²) < 4.78 is 24.8. The van der Waals surface area contributed by atoms with E-state index in [1.807, 2.05) is 0 Å². The van der Waals surface area contributed by atoms with Crippen LogP contribution in [0.3, 0.4) is 0 Å². The van der Waals surface area contributed by atoms with E-state index in [9.17, 15) is 14.0 Å². The Balaban J connectivity index is 1.51. The van der Waals surface area contributed by atoms with E-state index in [0.29, 0.717) is 21.6 Å². The van der Waals surface area contributed by atoms with Crippen molar-refractivity contribution in [3.63, 3.8) is 0 Å². The van der Waals surface area contributed by atoms with Crippen LogP contribution in [0.15, 0.2) is 51.7 Å². The quantitative estimate of drug-likeness (QED) is 0.557. The molecule has 4 rings (SSSR count). The molecule has 1 fully saturated rings. The van der Waals surface area contributed by atoms with Gasteiger partial charge in [-0.1, -0.05) is 29.8 Å². The molecule has 1 aromatic heterocycles. The largest absolute Gasteiger partial charge is 0.482 e. The molecule has 0 saturated heterocycles. The highest BCUT2D eigenvalue weighted by atomic mass is 35.5. The predicted octanol–water partition coefficient (Wildman–Crippen LogP) is 4.46. The lowest BCUT2D eigenvalue weighted by atomic mass is 10.1. The Bertz CT molecular complexity index is 1140. The molecule has 0 spiro atoms. The van der Waals surface area contributed by atoms with Gasteiger partial charge in [0.05, 0.1) is 5.02 Å². The Morgan fingerprint density at radius 2 is 2.03 bits per heavy atom. The Kier molecular flexibility index (Phi) is 5.28. The summed E-state index contributed by atoms with van der Waals surface area (Å²) in [4.78, 5) is 26.0. The summed E-state index contributed by atoms with van der Waals surface area (Å²) in [7, 11) is 0. The van der Waals surface area contributed by atoms with Crippen LogP contribution >= 0.6 is 11.6 Å². The minimum absolute atomic E-state index is 0.0958. The van der Waals surface area contributed by atoms with Crippen LogP contribution in [0.25, 0.3) is 11.0 Å². The van der Waals surface area contributed by atoms with Crippen LogP contribution < -0.4 is 10.4 Å². The standard InChI is InChI=1S/C22H19ClFNO4/c1-13-8-22(27)29-19-10-20(17(23)9-16(13)19)28-12-21(26)25(15-6-7-15)11-14-4-2-3-5-18(14)24/h2-5,8-10,15H,6-7,11-12H2,1H3. The second kappa shape index (κ2) is 7.87. The first kappa shape index (κ1) is 19.5. The van der Waals surface area contributed by atoms with Gasteiger partial charge >= 0.3 is 5.63 Å². The molecule has 7 heteroatoms. The highest BCUT2D eigenvalue weighted by Gasteiger charge is 2.33. The molecule has 2 aromatic carbocycles. The van der Waals surface area contributed by atoms with Crippen LogP contribution in [0.2, 0.25) is 5.02 Å². The fourth-order valence-corrected chi connectivity index (χ4v) is 3.49. The predicted molar refractivity (Wildman–Crippen MR) is 108 cm³/mol. The molecule has 29 heavy (non-hydrogen) atoms. The minimum atomic E-state index is -0.468. The molecule has 1 heterocycles. The van der Waals surface area contributed by atoms with Gasteiger partial charge in [-0.3, -0.25) is 4.79 Å². The van der Waals surface area contributed by atoms with Gasteiger partial charge in [0.1, 0.15) is 17.1 Å². The summed E-state index contributed by atoms with van der Waals surface area (Å²) in [5, 5.41) is 1.02. The van der Waals surface area contributed by atoms with Crippen molar-refractivity contribution in [3.05, 3.63) is 74.9 Å². The lowest BCUT2D eigenvalue weighted by Crippen LogP contribution is -2.36.